The smallest absolute Gasteiger partial charge is 0.122 e. The van der Waals surface area contributed by atoms with Crippen LogP contribution >= 0.6 is 11.6 Å². The second-order valence-electron chi connectivity index (χ2n) is 3.44. The van der Waals surface area contributed by atoms with E-state index < -0.39 is 0 Å². The van der Waals surface area contributed by atoms with E-state index in [0.717, 1.165) is 16.3 Å². The standard InChI is InChI=1S/C11H15ClO/c1-7(2)11-8(3)9(12)5-6-10(11)13-4/h5-7H,1-4H3. The number of rotatable bonds is 2. The van der Waals surface area contributed by atoms with Crippen LogP contribution in [-0.4, -0.2) is 7.11 Å². The molecule has 0 aliphatic heterocycles. The van der Waals surface area contributed by atoms with E-state index in [1.165, 1.54) is 5.56 Å². The maximum absolute atomic E-state index is 6.03. The van der Waals surface area contributed by atoms with Crippen molar-refractivity contribution >= 4 is 11.6 Å². The molecule has 72 valence electrons. The maximum atomic E-state index is 6.03. The summed E-state index contributed by atoms with van der Waals surface area (Å²) < 4.78 is 5.28. The molecule has 1 nitrogen and oxygen atoms in total. The fourth-order valence-electron chi connectivity index (χ4n) is 1.57. The van der Waals surface area contributed by atoms with E-state index in [1.807, 2.05) is 19.1 Å². The topological polar surface area (TPSA) is 9.23 Å². The van der Waals surface area contributed by atoms with E-state index in [9.17, 15) is 0 Å². The normalized spacial score (nSPS) is 10.6. The van der Waals surface area contributed by atoms with Crippen LogP contribution in [0.2, 0.25) is 5.02 Å². The molecule has 0 heterocycles. The van der Waals surface area contributed by atoms with Gasteiger partial charge >= 0.3 is 0 Å². The maximum Gasteiger partial charge on any atom is 0.122 e. The van der Waals surface area contributed by atoms with Gasteiger partial charge in [0.1, 0.15) is 5.75 Å². The molecule has 1 aromatic carbocycles. The fraction of sp³-hybridized carbons (Fsp3) is 0.455. The van der Waals surface area contributed by atoms with Crippen molar-refractivity contribution in [3.63, 3.8) is 0 Å². The fourth-order valence-corrected chi connectivity index (χ4v) is 1.74. The summed E-state index contributed by atoms with van der Waals surface area (Å²) in [6, 6.07) is 3.80. The van der Waals surface area contributed by atoms with Gasteiger partial charge in [-0.2, -0.15) is 0 Å². The molecule has 0 radical (unpaired) electrons. The summed E-state index contributed by atoms with van der Waals surface area (Å²) in [5.74, 6) is 1.37. The summed E-state index contributed by atoms with van der Waals surface area (Å²) in [5.41, 5.74) is 2.33. The quantitative estimate of drug-likeness (QED) is 0.703. The van der Waals surface area contributed by atoms with Gasteiger partial charge in [0.25, 0.3) is 0 Å². The predicted octanol–water partition coefficient (Wildman–Crippen LogP) is 3.78. The summed E-state index contributed by atoms with van der Waals surface area (Å²) >= 11 is 6.03. The lowest BCUT2D eigenvalue weighted by molar-refractivity contribution is 0.407. The van der Waals surface area contributed by atoms with Crippen molar-refractivity contribution in [2.75, 3.05) is 7.11 Å². The summed E-state index contributed by atoms with van der Waals surface area (Å²) in [4.78, 5) is 0. The molecule has 0 bridgehead atoms. The molecule has 0 N–H and O–H groups in total. The second kappa shape index (κ2) is 4.01. The van der Waals surface area contributed by atoms with Crippen molar-refractivity contribution < 1.29 is 4.74 Å². The number of methoxy groups -OCH3 is 1. The first-order valence-corrected chi connectivity index (χ1v) is 4.78. The van der Waals surface area contributed by atoms with Crippen molar-refractivity contribution in [3.8, 4) is 5.75 Å². The highest BCUT2D eigenvalue weighted by atomic mass is 35.5. The van der Waals surface area contributed by atoms with E-state index in [2.05, 4.69) is 13.8 Å². The molecule has 0 fully saturated rings. The van der Waals surface area contributed by atoms with Gasteiger partial charge in [0.05, 0.1) is 7.11 Å². The van der Waals surface area contributed by atoms with Crippen LogP contribution in [0.3, 0.4) is 0 Å². The Bertz CT molecular complexity index is 305. The van der Waals surface area contributed by atoms with Gasteiger partial charge in [-0.3, -0.25) is 0 Å². The Hall–Kier alpha value is -0.690. The van der Waals surface area contributed by atoms with Crippen LogP contribution in [-0.2, 0) is 0 Å². The molecule has 2 heteroatoms. The average molecular weight is 199 g/mol. The zero-order valence-corrected chi connectivity index (χ0v) is 9.27. The predicted molar refractivity (Wildman–Crippen MR) is 56.8 cm³/mol. The van der Waals surface area contributed by atoms with Gasteiger partial charge in [0.2, 0.25) is 0 Å². The van der Waals surface area contributed by atoms with E-state index in [-0.39, 0.29) is 0 Å². The van der Waals surface area contributed by atoms with Crippen molar-refractivity contribution in [1.82, 2.24) is 0 Å². The van der Waals surface area contributed by atoms with Gasteiger partial charge in [0, 0.05) is 10.6 Å². The molecule has 0 aliphatic rings. The van der Waals surface area contributed by atoms with E-state index in [4.69, 9.17) is 16.3 Å². The Labute approximate surface area is 84.7 Å². The molecule has 0 aromatic heterocycles. The molecular weight excluding hydrogens is 184 g/mol. The molecule has 0 unspecified atom stereocenters. The number of hydrogen-bond donors (Lipinski definition) is 0. The Morgan fingerprint density at radius 2 is 1.92 bits per heavy atom. The summed E-state index contributed by atoms with van der Waals surface area (Å²) in [6.45, 7) is 6.31. The van der Waals surface area contributed by atoms with Gasteiger partial charge in [-0.05, 0) is 30.5 Å². The lowest BCUT2D eigenvalue weighted by Crippen LogP contribution is -1.97. The van der Waals surface area contributed by atoms with Crippen molar-refractivity contribution in [1.29, 1.82) is 0 Å². The third-order valence-electron chi connectivity index (χ3n) is 2.21. The Kier molecular flexibility index (Phi) is 3.21. The third-order valence-corrected chi connectivity index (χ3v) is 2.62. The first-order valence-electron chi connectivity index (χ1n) is 4.41. The SMILES string of the molecule is COc1ccc(Cl)c(C)c1C(C)C. The summed E-state index contributed by atoms with van der Waals surface area (Å²) in [7, 11) is 1.69. The highest BCUT2D eigenvalue weighted by Crippen LogP contribution is 2.33. The minimum Gasteiger partial charge on any atom is -0.496 e. The minimum atomic E-state index is 0.439. The zero-order chi connectivity index (χ0) is 10.0. The molecule has 1 aromatic rings. The Balaban J connectivity index is 3.32. The molecule has 0 saturated carbocycles. The Morgan fingerprint density at radius 1 is 1.31 bits per heavy atom. The molecule has 0 saturated heterocycles. The van der Waals surface area contributed by atoms with E-state index >= 15 is 0 Å². The zero-order valence-electron chi connectivity index (χ0n) is 8.52. The molecule has 0 atom stereocenters. The summed E-state index contributed by atoms with van der Waals surface area (Å²) in [6.07, 6.45) is 0. The number of ether oxygens (including phenoxy) is 1. The van der Waals surface area contributed by atoms with Crippen LogP contribution in [0.5, 0.6) is 5.75 Å². The van der Waals surface area contributed by atoms with Gasteiger partial charge < -0.3 is 4.74 Å². The van der Waals surface area contributed by atoms with Crippen LogP contribution < -0.4 is 4.74 Å². The van der Waals surface area contributed by atoms with Gasteiger partial charge in [-0.15, -0.1) is 0 Å². The first kappa shape index (κ1) is 10.4. The van der Waals surface area contributed by atoms with Crippen LogP contribution in [0.1, 0.15) is 30.9 Å². The van der Waals surface area contributed by atoms with Crippen LogP contribution in [0, 0.1) is 6.92 Å². The van der Waals surface area contributed by atoms with Gasteiger partial charge in [-0.1, -0.05) is 25.4 Å². The lowest BCUT2D eigenvalue weighted by Gasteiger charge is -2.15. The highest BCUT2D eigenvalue weighted by Gasteiger charge is 2.12. The largest absolute Gasteiger partial charge is 0.496 e. The monoisotopic (exact) mass is 198 g/mol. The molecule has 0 amide bonds. The minimum absolute atomic E-state index is 0.439. The number of halogens is 1. The molecule has 1 rings (SSSR count). The van der Waals surface area contributed by atoms with Crippen LogP contribution in [0.15, 0.2) is 12.1 Å². The van der Waals surface area contributed by atoms with Crippen molar-refractivity contribution in [2.24, 2.45) is 0 Å². The third kappa shape index (κ3) is 1.97. The first-order chi connectivity index (χ1) is 6.07. The summed E-state index contributed by atoms with van der Waals surface area (Å²) in [5, 5.41) is 0.810. The van der Waals surface area contributed by atoms with Crippen LogP contribution in [0.4, 0.5) is 0 Å². The number of hydrogen-bond acceptors (Lipinski definition) is 1. The number of benzene rings is 1. The lowest BCUT2D eigenvalue weighted by atomic mass is 9.97. The van der Waals surface area contributed by atoms with Gasteiger partial charge in [0.15, 0.2) is 0 Å². The average Bonchev–Trinajstić information content (AvgIpc) is 2.08. The van der Waals surface area contributed by atoms with Crippen molar-refractivity contribution in [3.05, 3.63) is 28.3 Å². The molecule has 0 aliphatic carbocycles. The van der Waals surface area contributed by atoms with E-state index in [1.54, 1.807) is 7.11 Å². The van der Waals surface area contributed by atoms with Crippen LogP contribution in [0.25, 0.3) is 0 Å². The molecular formula is C11H15ClO. The van der Waals surface area contributed by atoms with Gasteiger partial charge in [-0.25, -0.2) is 0 Å². The molecule has 13 heavy (non-hydrogen) atoms. The van der Waals surface area contributed by atoms with Crippen molar-refractivity contribution in [2.45, 2.75) is 26.7 Å². The molecule has 0 spiro atoms. The second-order valence-corrected chi connectivity index (χ2v) is 3.85. The Morgan fingerprint density at radius 3 is 2.38 bits per heavy atom. The highest BCUT2D eigenvalue weighted by molar-refractivity contribution is 6.31. The van der Waals surface area contributed by atoms with E-state index in [0.29, 0.717) is 5.92 Å².